The van der Waals surface area contributed by atoms with E-state index in [2.05, 4.69) is 0 Å². The van der Waals surface area contributed by atoms with Crippen LogP contribution in [0.25, 0.3) is 0 Å². The van der Waals surface area contributed by atoms with Gasteiger partial charge in [0, 0.05) is 6.04 Å². The van der Waals surface area contributed by atoms with Gasteiger partial charge in [-0.3, -0.25) is 0 Å². The van der Waals surface area contributed by atoms with Gasteiger partial charge >= 0.3 is 0 Å². The van der Waals surface area contributed by atoms with Gasteiger partial charge in [-0.05, 0) is 24.1 Å². The molecule has 1 unspecified atom stereocenters. The lowest BCUT2D eigenvalue weighted by Crippen LogP contribution is -2.26. The van der Waals surface area contributed by atoms with Gasteiger partial charge in [0.15, 0.2) is 11.5 Å². The van der Waals surface area contributed by atoms with Crippen LogP contribution in [0.3, 0.4) is 0 Å². The summed E-state index contributed by atoms with van der Waals surface area (Å²) in [6.07, 6.45) is 0.622. The molecule has 16 heavy (non-hydrogen) atoms. The van der Waals surface area contributed by atoms with Crippen molar-refractivity contribution in [3.63, 3.8) is 0 Å². The van der Waals surface area contributed by atoms with E-state index in [1.165, 1.54) is 0 Å². The molecule has 1 atom stereocenters. The molecule has 0 bridgehead atoms. The maximum atomic E-state index is 8.84. The smallest absolute Gasteiger partial charge is 0.160 e. The third-order valence-corrected chi connectivity index (χ3v) is 2.18. The van der Waals surface area contributed by atoms with Gasteiger partial charge in [-0.1, -0.05) is 6.07 Å². The fourth-order valence-electron chi connectivity index (χ4n) is 1.37. The Kier molecular flexibility index (Phi) is 6.88. The minimum atomic E-state index is -0.233. The van der Waals surface area contributed by atoms with E-state index < -0.39 is 0 Å². The summed E-state index contributed by atoms with van der Waals surface area (Å²) in [5.41, 5.74) is 6.67. The summed E-state index contributed by atoms with van der Waals surface area (Å²) in [4.78, 5) is 0. The van der Waals surface area contributed by atoms with Crippen molar-refractivity contribution in [1.82, 2.24) is 0 Å². The van der Waals surface area contributed by atoms with Crippen molar-refractivity contribution < 1.29 is 14.6 Å². The second-order valence-electron chi connectivity index (χ2n) is 3.34. The molecule has 1 aromatic carbocycles. The zero-order chi connectivity index (χ0) is 11.3. The molecule has 4 nitrogen and oxygen atoms in total. The van der Waals surface area contributed by atoms with Gasteiger partial charge in [-0.2, -0.15) is 0 Å². The zero-order valence-electron chi connectivity index (χ0n) is 9.47. The van der Waals surface area contributed by atoms with Gasteiger partial charge in [-0.15, -0.1) is 12.4 Å². The van der Waals surface area contributed by atoms with E-state index in [-0.39, 0.29) is 25.1 Å². The lowest BCUT2D eigenvalue weighted by Gasteiger charge is -2.11. The molecular weight excluding hydrogens is 230 g/mol. The number of aliphatic hydroxyl groups excluding tert-OH is 1. The quantitative estimate of drug-likeness (QED) is 0.815. The third kappa shape index (κ3) is 3.89. The van der Waals surface area contributed by atoms with Crippen molar-refractivity contribution in [2.24, 2.45) is 5.73 Å². The van der Waals surface area contributed by atoms with Crippen LogP contribution in [0, 0.1) is 0 Å². The molecule has 0 saturated carbocycles. The molecule has 0 saturated heterocycles. The van der Waals surface area contributed by atoms with E-state index in [4.69, 9.17) is 20.3 Å². The first-order chi connectivity index (χ1) is 7.21. The summed E-state index contributed by atoms with van der Waals surface area (Å²) in [6.45, 7) is -0.0195. The second kappa shape index (κ2) is 7.33. The average Bonchev–Trinajstić information content (AvgIpc) is 2.28. The van der Waals surface area contributed by atoms with Crippen molar-refractivity contribution in [2.45, 2.75) is 12.5 Å². The van der Waals surface area contributed by atoms with Gasteiger partial charge in [-0.25, -0.2) is 0 Å². The first-order valence-corrected chi connectivity index (χ1v) is 4.78. The van der Waals surface area contributed by atoms with Crippen molar-refractivity contribution >= 4 is 12.4 Å². The van der Waals surface area contributed by atoms with Crippen molar-refractivity contribution in [3.8, 4) is 11.5 Å². The molecule has 5 heteroatoms. The van der Waals surface area contributed by atoms with Gasteiger partial charge in [0.05, 0.1) is 20.8 Å². The van der Waals surface area contributed by atoms with Crippen LogP contribution in [0.15, 0.2) is 18.2 Å². The summed E-state index contributed by atoms with van der Waals surface area (Å²) in [5.74, 6) is 1.37. The van der Waals surface area contributed by atoms with E-state index in [0.29, 0.717) is 17.9 Å². The van der Waals surface area contributed by atoms with Crippen LogP contribution in [-0.4, -0.2) is 32.0 Å². The summed E-state index contributed by atoms with van der Waals surface area (Å²) < 4.78 is 10.3. The minimum Gasteiger partial charge on any atom is -0.493 e. The van der Waals surface area contributed by atoms with E-state index in [1.807, 2.05) is 18.2 Å². The molecule has 0 aromatic heterocycles. The van der Waals surface area contributed by atoms with Crippen LogP contribution < -0.4 is 15.2 Å². The number of hydrogen-bond donors (Lipinski definition) is 2. The maximum absolute atomic E-state index is 8.84. The zero-order valence-corrected chi connectivity index (χ0v) is 10.3. The number of halogens is 1. The second-order valence-corrected chi connectivity index (χ2v) is 3.34. The van der Waals surface area contributed by atoms with Crippen LogP contribution in [0.2, 0.25) is 0 Å². The lowest BCUT2D eigenvalue weighted by atomic mass is 10.1. The van der Waals surface area contributed by atoms with Crippen molar-refractivity contribution in [3.05, 3.63) is 23.8 Å². The molecule has 0 aliphatic carbocycles. The molecular formula is C11H18ClNO3. The van der Waals surface area contributed by atoms with E-state index in [0.717, 1.165) is 5.56 Å². The number of ether oxygens (including phenoxy) is 2. The number of benzene rings is 1. The van der Waals surface area contributed by atoms with Crippen LogP contribution in [0.4, 0.5) is 0 Å². The summed E-state index contributed by atoms with van der Waals surface area (Å²) in [6, 6.07) is 5.38. The first-order valence-electron chi connectivity index (χ1n) is 4.78. The molecule has 92 valence electrons. The summed E-state index contributed by atoms with van der Waals surface area (Å²) in [7, 11) is 3.19. The number of aliphatic hydroxyl groups is 1. The molecule has 0 heterocycles. The molecule has 1 aromatic rings. The molecule has 0 amide bonds. The van der Waals surface area contributed by atoms with Crippen LogP contribution in [0.5, 0.6) is 11.5 Å². The van der Waals surface area contributed by atoms with Gasteiger partial charge in [0.25, 0.3) is 0 Å². The predicted molar refractivity (Wildman–Crippen MR) is 65.6 cm³/mol. The van der Waals surface area contributed by atoms with Gasteiger partial charge < -0.3 is 20.3 Å². The van der Waals surface area contributed by atoms with E-state index in [9.17, 15) is 0 Å². The molecule has 1 rings (SSSR count). The predicted octanol–water partition coefficient (Wildman–Crippen LogP) is 0.988. The number of methoxy groups -OCH3 is 2. The minimum absolute atomic E-state index is 0. The Bertz CT molecular complexity index is 320. The molecule has 0 fully saturated rings. The third-order valence-electron chi connectivity index (χ3n) is 2.18. The highest BCUT2D eigenvalue weighted by Crippen LogP contribution is 2.27. The molecule has 3 N–H and O–H groups in total. The lowest BCUT2D eigenvalue weighted by molar-refractivity contribution is 0.265. The first kappa shape index (κ1) is 15.0. The van der Waals surface area contributed by atoms with Crippen LogP contribution in [-0.2, 0) is 6.42 Å². The van der Waals surface area contributed by atoms with Crippen molar-refractivity contribution in [1.29, 1.82) is 0 Å². The summed E-state index contributed by atoms with van der Waals surface area (Å²) >= 11 is 0. The topological polar surface area (TPSA) is 64.7 Å². The van der Waals surface area contributed by atoms with E-state index in [1.54, 1.807) is 14.2 Å². The fourth-order valence-corrected chi connectivity index (χ4v) is 1.37. The number of hydrogen-bond acceptors (Lipinski definition) is 4. The Morgan fingerprint density at radius 3 is 2.38 bits per heavy atom. The number of rotatable bonds is 5. The Hall–Kier alpha value is -0.970. The largest absolute Gasteiger partial charge is 0.493 e. The molecule has 0 radical (unpaired) electrons. The highest BCUT2D eigenvalue weighted by Gasteiger charge is 2.07. The monoisotopic (exact) mass is 247 g/mol. The van der Waals surface area contributed by atoms with Crippen molar-refractivity contribution in [2.75, 3.05) is 20.8 Å². The highest BCUT2D eigenvalue weighted by molar-refractivity contribution is 5.85. The normalized spacial score (nSPS) is 11.5. The SMILES string of the molecule is COc1ccc(CC(N)CO)cc1OC.Cl. The molecule has 0 aliphatic heterocycles. The molecule has 0 spiro atoms. The van der Waals surface area contributed by atoms with Gasteiger partial charge in [0.2, 0.25) is 0 Å². The fraction of sp³-hybridized carbons (Fsp3) is 0.455. The average molecular weight is 248 g/mol. The Balaban J connectivity index is 0.00000225. The molecule has 0 aliphatic rings. The Morgan fingerprint density at radius 1 is 1.25 bits per heavy atom. The van der Waals surface area contributed by atoms with Gasteiger partial charge in [0.1, 0.15) is 0 Å². The highest BCUT2D eigenvalue weighted by atomic mass is 35.5. The Labute approximate surface area is 102 Å². The Morgan fingerprint density at radius 2 is 1.88 bits per heavy atom. The summed E-state index contributed by atoms with van der Waals surface area (Å²) in [5, 5.41) is 8.84. The van der Waals surface area contributed by atoms with E-state index >= 15 is 0 Å². The van der Waals surface area contributed by atoms with Crippen LogP contribution in [0.1, 0.15) is 5.56 Å². The number of nitrogens with two attached hydrogens (primary N) is 1. The maximum Gasteiger partial charge on any atom is 0.160 e. The van der Waals surface area contributed by atoms with Crippen LogP contribution >= 0.6 is 12.4 Å². The standard InChI is InChI=1S/C11H17NO3.ClH/c1-14-10-4-3-8(5-9(12)7-13)6-11(10)15-2;/h3-4,6,9,13H,5,7,12H2,1-2H3;1H.